The molecule has 1 atom stereocenters. The van der Waals surface area contributed by atoms with Crippen LogP contribution in [0.2, 0.25) is 0 Å². The van der Waals surface area contributed by atoms with E-state index in [1.807, 2.05) is 11.0 Å². The summed E-state index contributed by atoms with van der Waals surface area (Å²) >= 11 is 3.39. The molecule has 3 aromatic rings. The minimum atomic E-state index is -0.193. The van der Waals surface area contributed by atoms with Crippen molar-refractivity contribution in [3.05, 3.63) is 74.2 Å². The Labute approximate surface area is 172 Å². The van der Waals surface area contributed by atoms with Crippen molar-refractivity contribution in [3.63, 3.8) is 0 Å². The van der Waals surface area contributed by atoms with Crippen LogP contribution in [0.4, 0.5) is 0 Å². The van der Waals surface area contributed by atoms with Crippen LogP contribution in [-0.2, 0) is 11.3 Å². The molecule has 1 unspecified atom stereocenters. The molecule has 0 bridgehead atoms. The third-order valence-electron chi connectivity index (χ3n) is 5.58. The summed E-state index contributed by atoms with van der Waals surface area (Å²) in [6.45, 7) is 4.92. The van der Waals surface area contributed by atoms with E-state index in [1.165, 1.54) is 27.6 Å². The Morgan fingerprint density at radius 2 is 2.00 bits per heavy atom. The van der Waals surface area contributed by atoms with Gasteiger partial charge in [0.1, 0.15) is 6.54 Å². The van der Waals surface area contributed by atoms with Crippen molar-refractivity contribution in [1.82, 2.24) is 14.5 Å². The molecule has 28 heavy (non-hydrogen) atoms. The Hall–Kier alpha value is -2.47. The first-order valence-corrected chi connectivity index (χ1v) is 10.2. The van der Waals surface area contributed by atoms with Crippen LogP contribution >= 0.6 is 15.9 Å². The summed E-state index contributed by atoms with van der Waals surface area (Å²) in [5, 5.41) is 0.511. The second-order valence-corrected chi connectivity index (χ2v) is 8.34. The molecule has 1 fully saturated rings. The highest BCUT2D eigenvalue weighted by Crippen LogP contribution is 2.33. The molecule has 6 heteroatoms. The van der Waals surface area contributed by atoms with Crippen LogP contribution in [0.3, 0.4) is 0 Å². The first kappa shape index (κ1) is 18.9. The van der Waals surface area contributed by atoms with Gasteiger partial charge in [-0.25, -0.2) is 4.98 Å². The number of carbonyl (C=O) groups is 1. The number of hydrogen-bond donors (Lipinski definition) is 0. The van der Waals surface area contributed by atoms with Gasteiger partial charge in [-0.3, -0.25) is 14.2 Å². The van der Waals surface area contributed by atoms with E-state index >= 15 is 0 Å². The highest BCUT2D eigenvalue weighted by Gasteiger charge is 2.30. The molecule has 0 aliphatic carbocycles. The van der Waals surface area contributed by atoms with Crippen molar-refractivity contribution in [2.75, 3.05) is 6.54 Å². The Kier molecular flexibility index (Phi) is 5.06. The van der Waals surface area contributed by atoms with Gasteiger partial charge in [0.15, 0.2) is 0 Å². The lowest BCUT2D eigenvalue weighted by atomic mass is 9.99. The zero-order chi connectivity index (χ0) is 19.8. The van der Waals surface area contributed by atoms with Crippen LogP contribution in [0.1, 0.15) is 35.6 Å². The molecule has 144 valence electrons. The number of halogens is 1. The van der Waals surface area contributed by atoms with E-state index in [9.17, 15) is 9.59 Å². The monoisotopic (exact) mass is 439 g/mol. The SMILES string of the molecule is Cc1ccc(C2CCCN2C(=O)Cn2cnc3ccc(Br)cc3c2=O)cc1C. The predicted molar refractivity (Wildman–Crippen MR) is 113 cm³/mol. The lowest BCUT2D eigenvalue weighted by Gasteiger charge is -2.26. The fourth-order valence-electron chi connectivity index (χ4n) is 3.86. The number of fused-ring (bicyclic) bond motifs is 1. The molecule has 0 radical (unpaired) electrons. The maximum Gasteiger partial charge on any atom is 0.261 e. The molecule has 2 heterocycles. The van der Waals surface area contributed by atoms with E-state index in [2.05, 4.69) is 53.0 Å². The molecule has 0 N–H and O–H groups in total. The highest BCUT2D eigenvalue weighted by molar-refractivity contribution is 9.10. The fourth-order valence-corrected chi connectivity index (χ4v) is 4.23. The number of amides is 1. The molecule has 0 spiro atoms. The van der Waals surface area contributed by atoms with E-state index in [0.717, 1.165) is 23.9 Å². The molecule has 1 aliphatic rings. The highest BCUT2D eigenvalue weighted by atomic mass is 79.9. The van der Waals surface area contributed by atoms with E-state index in [4.69, 9.17) is 0 Å². The van der Waals surface area contributed by atoms with Crippen molar-refractivity contribution in [3.8, 4) is 0 Å². The lowest BCUT2D eigenvalue weighted by molar-refractivity contribution is -0.132. The van der Waals surface area contributed by atoms with Crippen LogP contribution in [0.25, 0.3) is 10.9 Å². The van der Waals surface area contributed by atoms with Gasteiger partial charge in [0, 0.05) is 11.0 Å². The number of nitrogens with zero attached hydrogens (tertiary/aromatic N) is 3. The number of carbonyl (C=O) groups excluding carboxylic acids is 1. The average Bonchev–Trinajstić information content (AvgIpc) is 3.16. The molecule has 1 saturated heterocycles. The molecule has 1 amide bonds. The number of aryl methyl sites for hydroxylation is 2. The number of aromatic nitrogens is 2. The summed E-state index contributed by atoms with van der Waals surface area (Å²) < 4.78 is 2.23. The van der Waals surface area contributed by atoms with Gasteiger partial charge in [-0.2, -0.15) is 0 Å². The van der Waals surface area contributed by atoms with Gasteiger partial charge in [-0.1, -0.05) is 34.1 Å². The van der Waals surface area contributed by atoms with Gasteiger partial charge in [0.05, 0.1) is 23.3 Å². The molecule has 5 nitrogen and oxygen atoms in total. The molecular formula is C22H22BrN3O2. The number of hydrogen-bond acceptors (Lipinski definition) is 3. The Morgan fingerprint density at radius 1 is 1.18 bits per heavy atom. The Bertz CT molecular complexity index is 1120. The zero-order valence-electron chi connectivity index (χ0n) is 16.0. The number of rotatable bonds is 3. The topological polar surface area (TPSA) is 55.2 Å². The minimum absolute atomic E-state index is 0.00955. The van der Waals surface area contributed by atoms with Crippen molar-refractivity contribution in [2.45, 2.75) is 39.3 Å². The number of likely N-dealkylation sites (tertiary alicyclic amines) is 1. The van der Waals surface area contributed by atoms with Gasteiger partial charge >= 0.3 is 0 Å². The third-order valence-corrected chi connectivity index (χ3v) is 6.07. The van der Waals surface area contributed by atoms with E-state index in [1.54, 1.807) is 12.1 Å². The van der Waals surface area contributed by atoms with Crippen molar-refractivity contribution >= 4 is 32.7 Å². The minimum Gasteiger partial charge on any atom is -0.334 e. The van der Waals surface area contributed by atoms with Crippen LogP contribution < -0.4 is 5.56 Å². The first-order valence-electron chi connectivity index (χ1n) is 9.45. The van der Waals surface area contributed by atoms with E-state index in [0.29, 0.717) is 10.9 Å². The molecular weight excluding hydrogens is 418 g/mol. The fraction of sp³-hybridized carbons (Fsp3) is 0.318. The summed E-state index contributed by atoms with van der Waals surface area (Å²) in [6.07, 6.45) is 3.39. The maximum absolute atomic E-state index is 13.0. The van der Waals surface area contributed by atoms with Crippen molar-refractivity contribution in [1.29, 1.82) is 0 Å². The Balaban J connectivity index is 1.61. The summed E-state index contributed by atoms with van der Waals surface area (Å²) in [5.74, 6) is -0.0426. The molecule has 1 aromatic heterocycles. The summed E-state index contributed by atoms with van der Waals surface area (Å²) in [5.41, 5.74) is 4.09. The van der Waals surface area contributed by atoms with E-state index in [-0.39, 0.29) is 24.1 Å². The molecule has 1 aliphatic heterocycles. The van der Waals surface area contributed by atoms with Crippen LogP contribution in [0.15, 0.2) is 52.0 Å². The van der Waals surface area contributed by atoms with Gasteiger partial charge in [0.2, 0.25) is 5.91 Å². The van der Waals surface area contributed by atoms with Gasteiger partial charge in [-0.05, 0) is 61.6 Å². The standard InChI is InChI=1S/C22H22BrN3O2/c1-14-5-6-16(10-15(14)2)20-4-3-9-26(20)21(27)12-25-13-24-19-8-7-17(23)11-18(19)22(25)28/h5-8,10-11,13,20H,3-4,9,12H2,1-2H3. The van der Waals surface area contributed by atoms with E-state index < -0.39 is 0 Å². The van der Waals surface area contributed by atoms with Crippen LogP contribution in [0.5, 0.6) is 0 Å². The quantitative estimate of drug-likeness (QED) is 0.615. The van der Waals surface area contributed by atoms with Gasteiger partial charge < -0.3 is 4.90 Å². The largest absolute Gasteiger partial charge is 0.334 e. The smallest absolute Gasteiger partial charge is 0.261 e. The molecule has 0 saturated carbocycles. The predicted octanol–water partition coefficient (Wildman–Crippen LogP) is 4.14. The van der Waals surface area contributed by atoms with Gasteiger partial charge in [0.25, 0.3) is 5.56 Å². The van der Waals surface area contributed by atoms with Crippen molar-refractivity contribution < 1.29 is 4.79 Å². The Morgan fingerprint density at radius 3 is 2.79 bits per heavy atom. The maximum atomic E-state index is 13.0. The molecule has 4 rings (SSSR count). The van der Waals surface area contributed by atoms with Crippen LogP contribution in [-0.4, -0.2) is 26.9 Å². The first-order chi connectivity index (χ1) is 13.4. The normalized spacial score (nSPS) is 16.7. The lowest BCUT2D eigenvalue weighted by Crippen LogP contribution is -2.36. The van der Waals surface area contributed by atoms with Crippen molar-refractivity contribution in [2.24, 2.45) is 0 Å². The third kappa shape index (κ3) is 3.49. The van der Waals surface area contributed by atoms with Gasteiger partial charge in [-0.15, -0.1) is 0 Å². The zero-order valence-corrected chi connectivity index (χ0v) is 17.6. The molecule has 2 aromatic carbocycles. The second kappa shape index (κ2) is 7.51. The average molecular weight is 440 g/mol. The summed E-state index contributed by atoms with van der Waals surface area (Å²) in [6, 6.07) is 11.9. The summed E-state index contributed by atoms with van der Waals surface area (Å²) in [4.78, 5) is 32.1. The summed E-state index contributed by atoms with van der Waals surface area (Å²) in [7, 11) is 0. The second-order valence-electron chi connectivity index (χ2n) is 7.43. The number of benzene rings is 2. The van der Waals surface area contributed by atoms with Crippen LogP contribution in [0, 0.1) is 13.8 Å².